The first-order valence-electron chi connectivity index (χ1n) is 5.80. The molecule has 20 heavy (non-hydrogen) atoms. The van der Waals surface area contributed by atoms with Crippen LogP contribution in [0.25, 0.3) is 11.2 Å². The van der Waals surface area contributed by atoms with E-state index in [0.717, 1.165) is 5.56 Å². The van der Waals surface area contributed by atoms with E-state index in [1.807, 2.05) is 4.57 Å². The summed E-state index contributed by atoms with van der Waals surface area (Å²) >= 11 is 0. The second kappa shape index (κ2) is 4.57. The summed E-state index contributed by atoms with van der Waals surface area (Å²) in [5.74, 6) is 0.356. The number of anilines is 1. The standard InChI is InChI=1S/C12H10N6O2/c13-11-10-12(15-6-14-11)16-7-17(10)5-8-1-3-9(4-2-8)18(19)20/h1-4,6-7H,5H2,(H2,13,14,15). The molecular formula is C12H10N6O2. The lowest BCUT2D eigenvalue weighted by Crippen LogP contribution is -2.02. The summed E-state index contributed by atoms with van der Waals surface area (Å²) in [6.07, 6.45) is 2.98. The number of nitrogens with zero attached hydrogens (tertiary/aromatic N) is 5. The van der Waals surface area contributed by atoms with Gasteiger partial charge in [0.25, 0.3) is 5.69 Å². The Kier molecular flexibility index (Phi) is 2.75. The van der Waals surface area contributed by atoms with E-state index in [1.54, 1.807) is 18.5 Å². The van der Waals surface area contributed by atoms with Gasteiger partial charge >= 0.3 is 0 Å². The summed E-state index contributed by atoms with van der Waals surface area (Å²) < 4.78 is 1.81. The maximum Gasteiger partial charge on any atom is 0.269 e. The molecule has 3 rings (SSSR count). The summed E-state index contributed by atoms with van der Waals surface area (Å²) in [6, 6.07) is 6.33. The zero-order valence-corrected chi connectivity index (χ0v) is 10.3. The molecule has 8 nitrogen and oxygen atoms in total. The number of nitrogens with two attached hydrogens (primary N) is 1. The van der Waals surface area contributed by atoms with Crippen molar-refractivity contribution in [3.05, 3.63) is 52.6 Å². The van der Waals surface area contributed by atoms with Gasteiger partial charge in [-0.2, -0.15) is 0 Å². The maximum atomic E-state index is 10.6. The van der Waals surface area contributed by atoms with Crippen LogP contribution < -0.4 is 5.73 Å². The second-order valence-corrected chi connectivity index (χ2v) is 4.23. The van der Waals surface area contributed by atoms with E-state index in [1.165, 1.54) is 18.5 Å². The minimum Gasteiger partial charge on any atom is -0.382 e. The summed E-state index contributed by atoms with van der Waals surface area (Å²) in [5.41, 5.74) is 7.97. The lowest BCUT2D eigenvalue weighted by Gasteiger charge is -2.05. The average Bonchev–Trinajstić information content (AvgIpc) is 2.84. The van der Waals surface area contributed by atoms with Crippen LogP contribution in [0.1, 0.15) is 5.56 Å². The smallest absolute Gasteiger partial charge is 0.269 e. The molecule has 0 spiro atoms. The van der Waals surface area contributed by atoms with Crippen molar-refractivity contribution in [3.63, 3.8) is 0 Å². The van der Waals surface area contributed by atoms with E-state index in [4.69, 9.17) is 5.73 Å². The molecule has 0 saturated carbocycles. The molecule has 2 N–H and O–H groups in total. The fourth-order valence-corrected chi connectivity index (χ4v) is 1.97. The van der Waals surface area contributed by atoms with Gasteiger partial charge in [0.1, 0.15) is 11.8 Å². The first kappa shape index (κ1) is 12.0. The highest BCUT2D eigenvalue weighted by Crippen LogP contribution is 2.18. The molecule has 0 aliphatic rings. The molecule has 2 heterocycles. The number of hydrogen-bond acceptors (Lipinski definition) is 6. The number of non-ortho nitro benzene ring substituents is 1. The van der Waals surface area contributed by atoms with Crippen molar-refractivity contribution >= 4 is 22.7 Å². The molecular weight excluding hydrogens is 260 g/mol. The monoisotopic (exact) mass is 270 g/mol. The number of imidazole rings is 1. The summed E-state index contributed by atoms with van der Waals surface area (Å²) in [6.45, 7) is 0.492. The van der Waals surface area contributed by atoms with Crippen LogP contribution in [0.15, 0.2) is 36.9 Å². The Bertz CT molecular complexity index is 780. The highest BCUT2D eigenvalue weighted by Gasteiger charge is 2.09. The quantitative estimate of drug-likeness (QED) is 0.568. The molecule has 0 fully saturated rings. The molecule has 3 aromatic rings. The summed E-state index contributed by atoms with van der Waals surface area (Å²) in [4.78, 5) is 22.3. The minimum absolute atomic E-state index is 0.0621. The molecule has 1 aromatic carbocycles. The van der Waals surface area contributed by atoms with Crippen molar-refractivity contribution in [2.45, 2.75) is 6.54 Å². The average molecular weight is 270 g/mol. The molecule has 0 unspecified atom stereocenters. The number of hydrogen-bond donors (Lipinski definition) is 1. The van der Waals surface area contributed by atoms with Crippen LogP contribution in [-0.4, -0.2) is 24.4 Å². The molecule has 0 radical (unpaired) electrons. The van der Waals surface area contributed by atoms with E-state index >= 15 is 0 Å². The van der Waals surface area contributed by atoms with E-state index in [9.17, 15) is 10.1 Å². The Labute approximate surface area is 113 Å². The Balaban J connectivity index is 1.95. The van der Waals surface area contributed by atoms with Crippen LogP contribution in [0, 0.1) is 10.1 Å². The Hall–Kier alpha value is -3.03. The van der Waals surface area contributed by atoms with Crippen molar-refractivity contribution in [2.24, 2.45) is 0 Å². The zero-order valence-electron chi connectivity index (χ0n) is 10.3. The number of aromatic nitrogens is 4. The van der Waals surface area contributed by atoms with Crippen LogP contribution in [0.2, 0.25) is 0 Å². The lowest BCUT2D eigenvalue weighted by molar-refractivity contribution is -0.384. The molecule has 100 valence electrons. The van der Waals surface area contributed by atoms with Crippen molar-refractivity contribution < 1.29 is 4.92 Å². The van der Waals surface area contributed by atoms with Crippen LogP contribution in [0.5, 0.6) is 0 Å². The zero-order chi connectivity index (χ0) is 14.1. The van der Waals surface area contributed by atoms with Gasteiger partial charge in [0.2, 0.25) is 0 Å². The molecule has 2 aromatic heterocycles. The number of nitro groups is 1. The number of nitrogen functional groups attached to an aromatic ring is 1. The van der Waals surface area contributed by atoms with Crippen molar-refractivity contribution in [3.8, 4) is 0 Å². The van der Waals surface area contributed by atoms with E-state index in [2.05, 4.69) is 15.0 Å². The van der Waals surface area contributed by atoms with Crippen molar-refractivity contribution in [1.29, 1.82) is 0 Å². The van der Waals surface area contributed by atoms with Crippen LogP contribution in [-0.2, 0) is 6.54 Å². The lowest BCUT2D eigenvalue weighted by atomic mass is 10.2. The van der Waals surface area contributed by atoms with Crippen LogP contribution in [0.3, 0.4) is 0 Å². The Morgan fingerprint density at radius 2 is 1.95 bits per heavy atom. The number of fused-ring (bicyclic) bond motifs is 1. The third-order valence-corrected chi connectivity index (χ3v) is 2.94. The highest BCUT2D eigenvalue weighted by molar-refractivity contribution is 5.81. The maximum absolute atomic E-state index is 10.6. The second-order valence-electron chi connectivity index (χ2n) is 4.23. The number of nitro benzene ring substituents is 1. The molecule has 0 aliphatic carbocycles. The Morgan fingerprint density at radius 3 is 2.65 bits per heavy atom. The van der Waals surface area contributed by atoms with Gasteiger partial charge in [-0.1, -0.05) is 12.1 Å². The minimum atomic E-state index is -0.428. The van der Waals surface area contributed by atoms with Gasteiger partial charge in [0.15, 0.2) is 11.5 Å². The first-order chi connectivity index (χ1) is 9.65. The topological polar surface area (TPSA) is 113 Å². The number of benzene rings is 1. The van der Waals surface area contributed by atoms with Crippen LogP contribution in [0.4, 0.5) is 11.5 Å². The normalized spacial score (nSPS) is 10.8. The third-order valence-electron chi connectivity index (χ3n) is 2.94. The van der Waals surface area contributed by atoms with E-state index < -0.39 is 4.92 Å². The van der Waals surface area contributed by atoms with Crippen molar-refractivity contribution in [2.75, 3.05) is 5.73 Å². The predicted molar refractivity (Wildman–Crippen MR) is 71.9 cm³/mol. The van der Waals surface area contributed by atoms with E-state index in [0.29, 0.717) is 23.5 Å². The highest BCUT2D eigenvalue weighted by atomic mass is 16.6. The number of rotatable bonds is 3. The van der Waals surface area contributed by atoms with Gasteiger partial charge < -0.3 is 10.3 Å². The predicted octanol–water partition coefficient (Wildman–Crippen LogP) is 1.36. The SMILES string of the molecule is Nc1ncnc2ncn(Cc3ccc([N+](=O)[O-])cc3)c12. The molecule has 0 saturated heterocycles. The van der Waals surface area contributed by atoms with Gasteiger partial charge in [0, 0.05) is 18.7 Å². The van der Waals surface area contributed by atoms with Gasteiger partial charge in [-0.15, -0.1) is 0 Å². The Morgan fingerprint density at radius 1 is 1.20 bits per heavy atom. The van der Waals surface area contributed by atoms with Crippen LogP contribution >= 0.6 is 0 Å². The van der Waals surface area contributed by atoms with Gasteiger partial charge in [-0.05, 0) is 5.56 Å². The summed E-state index contributed by atoms with van der Waals surface area (Å²) in [7, 11) is 0. The molecule has 0 atom stereocenters. The fraction of sp³-hybridized carbons (Fsp3) is 0.0833. The first-order valence-corrected chi connectivity index (χ1v) is 5.80. The van der Waals surface area contributed by atoms with Gasteiger partial charge in [-0.25, -0.2) is 15.0 Å². The fourth-order valence-electron chi connectivity index (χ4n) is 1.97. The molecule has 0 bridgehead atoms. The molecule has 0 amide bonds. The molecule has 0 aliphatic heterocycles. The van der Waals surface area contributed by atoms with Gasteiger partial charge in [0.05, 0.1) is 11.3 Å². The van der Waals surface area contributed by atoms with Gasteiger partial charge in [-0.3, -0.25) is 10.1 Å². The molecule has 8 heteroatoms. The van der Waals surface area contributed by atoms with Crippen molar-refractivity contribution in [1.82, 2.24) is 19.5 Å². The largest absolute Gasteiger partial charge is 0.382 e. The van der Waals surface area contributed by atoms with E-state index in [-0.39, 0.29) is 5.69 Å². The summed E-state index contributed by atoms with van der Waals surface area (Å²) in [5, 5.41) is 10.6. The third kappa shape index (κ3) is 2.03.